The van der Waals surface area contributed by atoms with Crippen LogP contribution in [0.1, 0.15) is 30.3 Å². The number of amides is 1. The number of benzene rings is 2. The average molecular weight is 299 g/mol. The Kier molecular flexibility index (Phi) is 5.69. The van der Waals surface area contributed by atoms with Crippen LogP contribution in [-0.2, 0) is 9.53 Å². The minimum atomic E-state index is -0.765. The summed E-state index contributed by atoms with van der Waals surface area (Å²) < 4.78 is 5.29. The Balaban J connectivity index is 2.04. The maximum absolute atomic E-state index is 12.4. The summed E-state index contributed by atoms with van der Waals surface area (Å²) in [6.45, 7) is 1.77. The van der Waals surface area contributed by atoms with Crippen molar-refractivity contribution in [1.82, 2.24) is 5.32 Å². The molecule has 4 heteroatoms. The summed E-state index contributed by atoms with van der Waals surface area (Å²) in [4.78, 5) is 12.4. The molecule has 1 amide bonds. The molecule has 0 unspecified atom stereocenters. The summed E-state index contributed by atoms with van der Waals surface area (Å²) in [5, 5.41) is 13.1. The maximum Gasteiger partial charge on any atom is 0.254 e. The lowest BCUT2D eigenvalue weighted by atomic mass is 10.0. The summed E-state index contributed by atoms with van der Waals surface area (Å²) in [5.41, 5.74) is 1.55. The SMILES string of the molecule is CO[C@H](C(=O)N[C@H](C)[C@@H](O)c1ccccc1)c1ccccc1. The molecule has 2 rings (SSSR count). The molecule has 2 N–H and O–H groups in total. The van der Waals surface area contributed by atoms with Gasteiger partial charge in [-0.05, 0) is 18.1 Å². The third-order valence-corrected chi connectivity index (χ3v) is 3.56. The van der Waals surface area contributed by atoms with E-state index in [0.29, 0.717) is 0 Å². The Hall–Kier alpha value is -2.17. The van der Waals surface area contributed by atoms with Gasteiger partial charge in [0, 0.05) is 7.11 Å². The second kappa shape index (κ2) is 7.73. The number of hydrogen-bond acceptors (Lipinski definition) is 3. The van der Waals surface area contributed by atoms with E-state index in [0.717, 1.165) is 11.1 Å². The Labute approximate surface area is 130 Å². The molecular weight excluding hydrogens is 278 g/mol. The quantitative estimate of drug-likeness (QED) is 0.862. The molecule has 116 valence electrons. The van der Waals surface area contributed by atoms with Crippen molar-refractivity contribution in [3.05, 3.63) is 71.8 Å². The standard InChI is InChI=1S/C18H21NO3/c1-13(16(20)14-9-5-3-6-10-14)19-18(21)17(22-2)15-11-7-4-8-12-15/h3-13,16-17,20H,1-2H3,(H,19,21)/t13-,16-,17+/m1/s1. The van der Waals surface area contributed by atoms with Gasteiger partial charge >= 0.3 is 0 Å². The number of nitrogens with one attached hydrogen (secondary N) is 1. The zero-order valence-electron chi connectivity index (χ0n) is 12.8. The molecule has 0 spiro atoms. The number of rotatable bonds is 6. The number of carbonyl (C=O) groups is 1. The molecule has 2 aromatic carbocycles. The Morgan fingerprint density at radius 2 is 1.50 bits per heavy atom. The summed E-state index contributed by atoms with van der Waals surface area (Å²) >= 11 is 0. The molecule has 22 heavy (non-hydrogen) atoms. The predicted molar refractivity (Wildman–Crippen MR) is 85.2 cm³/mol. The number of aliphatic hydroxyl groups excluding tert-OH is 1. The largest absolute Gasteiger partial charge is 0.386 e. The van der Waals surface area contributed by atoms with Gasteiger partial charge in [0.25, 0.3) is 5.91 Å². The first-order valence-electron chi connectivity index (χ1n) is 7.24. The molecule has 0 bridgehead atoms. The van der Waals surface area contributed by atoms with Crippen LogP contribution in [0.25, 0.3) is 0 Å². The Bertz CT molecular complexity index is 586. The van der Waals surface area contributed by atoms with Gasteiger partial charge in [0.15, 0.2) is 6.10 Å². The van der Waals surface area contributed by atoms with E-state index in [9.17, 15) is 9.90 Å². The zero-order valence-corrected chi connectivity index (χ0v) is 12.8. The van der Waals surface area contributed by atoms with Gasteiger partial charge < -0.3 is 15.2 Å². The summed E-state index contributed by atoms with van der Waals surface area (Å²) in [7, 11) is 1.50. The van der Waals surface area contributed by atoms with Crippen LogP contribution in [-0.4, -0.2) is 24.2 Å². The van der Waals surface area contributed by atoms with E-state index in [2.05, 4.69) is 5.32 Å². The van der Waals surface area contributed by atoms with Crippen molar-refractivity contribution in [2.75, 3.05) is 7.11 Å². The van der Waals surface area contributed by atoms with Crippen molar-refractivity contribution in [2.45, 2.75) is 25.2 Å². The molecule has 4 nitrogen and oxygen atoms in total. The number of ether oxygens (including phenoxy) is 1. The number of aliphatic hydroxyl groups is 1. The lowest BCUT2D eigenvalue weighted by Crippen LogP contribution is -2.40. The summed E-state index contributed by atoms with van der Waals surface area (Å²) in [6, 6.07) is 18.1. The molecular formula is C18H21NO3. The molecule has 3 atom stereocenters. The van der Waals surface area contributed by atoms with Gasteiger partial charge in [0.05, 0.1) is 12.1 Å². The van der Waals surface area contributed by atoms with Crippen LogP contribution in [0.4, 0.5) is 0 Å². The van der Waals surface area contributed by atoms with Crippen molar-refractivity contribution in [2.24, 2.45) is 0 Å². The maximum atomic E-state index is 12.4. The van der Waals surface area contributed by atoms with Gasteiger partial charge in [0.1, 0.15) is 0 Å². The molecule has 0 aliphatic carbocycles. The molecule has 0 heterocycles. The van der Waals surface area contributed by atoms with Crippen LogP contribution >= 0.6 is 0 Å². The van der Waals surface area contributed by atoms with Gasteiger partial charge in [0.2, 0.25) is 0 Å². The van der Waals surface area contributed by atoms with E-state index in [-0.39, 0.29) is 5.91 Å². The molecule has 0 aliphatic heterocycles. The van der Waals surface area contributed by atoms with Crippen molar-refractivity contribution in [1.29, 1.82) is 0 Å². The predicted octanol–water partition coefficient (Wildman–Crippen LogP) is 2.61. The lowest BCUT2D eigenvalue weighted by Gasteiger charge is -2.23. The van der Waals surface area contributed by atoms with Crippen LogP contribution in [0.5, 0.6) is 0 Å². The normalized spacial score (nSPS) is 14.9. The van der Waals surface area contributed by atoms with E-state index >= 15 is 0 Å². The highest BCUT2D eigenvalue weighted by Crippen LogP contribution is 2.19. The molecule has 0 aliphatic rings. The first kappa shape index (κ1) is 16.2. The van der Waals surface area contributed by atoms with Gasteiger partial charge in [-0.2, -0.15) is 0 Å². The fourth-order valence-electron chi connectivity index (χ4n) is 2.34. The number of methoxy groups -OCH3 is 1. The van der Waals surface area contributed by atoms with E-state index in [4.69, 9.17) is 4.74 Å². The molecule has 0 saturated heterocycles. The number of carbonyl (C=O) groups excluding carboxylic acids is 1. The van der Waals surface area contributed by atoms with Crippen molar-refractivity contribution in [3.8, 4) is 0 Å². The van der Waals surface area contributed by atoms with Gasteiger partial charge in [-0.15, -0.1) is 0 Å². The monoisotopic (exact) mass is 299 g/mol. The minimum absolute atomic E-state index is 0.267. The van der Waals surface area contributed by atoms with E-state index in [1.165, 1.54) is 7.11 Å². The van der Waals surface area contributed by atoms with Crippen molar-refractivity contribution in [3.63, 3.8) is 0 Å². The molecule has 0 saturated carbocycles. The van der Waals surface area contributed by atoms with Crippen molar-refractivity contribution >= 4 is 5.91 Å². The first-order valence-corrected chi connectivity index (χ1v) is 7.24. The molecule has 0 aromatic heterocycles. The van der Waals surface area contributed by atoms with Crippen LogP contribution in [0.2, 0.25) is 0 Å². The third kappa shape index (κ3) is 3.93. The lowest BCUT2D eigenvalue weighted by molar-refractivity contribution is -0.132. The second-order valence-electron chi connectivity index (χ2n) is 5.18. The van der Waals surface area contributed by atoms with E-state index in [1.807, 2.05) is 60.7 Å². The highest BCUT2D eigenvalue weighted by molar-refractivity contribution is 5.82. The summed E-state index contributed by atoms with van der Waals surface area (Å²) in [6.07, 6.45) is -1.45. The zero-order chi connectivity index (χ0) is 15.9. The van der Waals surface area contributed by atoms with Gasteiger partial charge in [-0.3, -0.25) is 4.79 Å². The van der Waals surface area contributed by atoms with E-state index in [1.54, 1.807) is 6.92 Å². The number of hydrogen-bond donors (Lipinski definition) is 2. The average Bonchev–Trinajstić information content (AvgIpc) is 2.56. The smallest absolute Gasteiger partial charge is 0.254 e. The first-order chi connectivity index (χ1) is 10.6. The van der Waals surface area contributed by atoms with Crippen LogP contribution in [0.3, 0.4) is 0 Å². The second-order valence-corrected chi connectivity index (χ2v) is 5.18. The van der Waals surface area contributed by atoms with Crippen LogP contribution < -0.4 is 5.32 Å². The fraction of sp³-hybridized carbons (Fsp3) is 0.278. The van der Waals surface area contributed by atoms with Crippen LogP contribution in [0.15, 0.2) is 60.7 Å². The molecule has 0 radical (unpaired) electrons. The van der Waals surface area contributed by atoms with Crippen LogP contribution in [0, 0.1) is 0 Å². The Morgan fingerprint density at radius 3 is 2.00 bits per heavy atom. The van der Waals surface area contributed by atoms with Gasteiger partial charge in [-0.1, -0.05) is 60.7 Å². The third-order valence-electron chi connectivity index (χ3n) is 3.56. The minimum Gasteiger partial charge on any atom is -0.386 e. The summed E-state index contributed by atoms with van der Waals surface area (Å²) in [5.74, 6) is -0.267. The fourth-order valence-corrected chi connectivity index (χ4v) is 2.34. The van der Waals surface area contributed by atoms with Crippen molar-refractivity contribution < 1.29 is 14.6 Å². The van der Waals surface area contributed by atoms with E-state index < -0.39 is 18.2 Å². The highest BCUT2D eigenvalue weighted by atomic mass is 16.5. The molecule has 2 aromatic rings. The highest BCUT2D eigenvalue weighted by Gasteiger charge is 2.24. The molecule has 0 fully saturated rings. The Morgan fingerprint density at radius 1 is 1.00 bits per heavy atom. The van der Waals surface area contributed by atoms with Gasteiger partial charge in [-0.25, -0.2) is 0 Å². The topological polar surface area (TPSA) is 58.6 Å².